The van der Waals surface area contributed by atoms with Crippen molar-refractivity contribution >= 4 is 34.8 Å². The molecule has 2 N–H and O–H groups in total. The number of hydrogen-bond donors (Lipinski definition) is 2. The number of amides is 3. The Morgan fingerprint density at radius 1 is 1.28 bits per heavy atom. The Morgan fingerprint density at radius 2 is 2.00 bits per heavy atom. The van der Waals surface area contributed by atoms with Crippen LogP contribution in [0, 0.1) is 5.41 Å². The van der Waals surface area contributed by atoms with Gasteiger partial charge in [-0.2, -0.15) is 0 Å². The van der Waals surface area contributed by atoms with Gasteiger partial charge < -0.3 is 4.90 Å². The van der Waals surface area contributed by atoms with Gasteiger partial charge in [0.15, 0.2) is 0 Å². The van der Waals surface area contributed by atoms with Crippen LogP contribution >= 0.6 is 11.3 Å². The van der Waals surface area contributed by atoms with Crippen LogP contribution < -0.4 is 10.9 Å². The Labute approximate surface area is 150 Å². The Kier molecular flexibility index (Phi) is 5.94. The first kappa shape index (κ1) is 19.1. The third kappa shape index (κ3) is 4.25. The molecule has 0 bridgehead atoms. The van der Waals surface area contributed by atoms with Gasteiger partial charge >= 0.3 is 0 Å². The van der Waals surface area contributed by atoms with E-state index in [2.05, 4.69) is 10.9 Å². The van der Waals surface area contributed by atoms with Crippen molar-refractivity contribution in [3.8, 4) is 0 Å². The van der Waals surface area contributed by atoms with Crippen LogP contribution in [-0.4, -0.2) is 41.0 Å². The monoisotopic (exact) mass is 365 g/mol. The van der Waals surface area contributed by atoms with Crippen molar-refractivity contribution in [2.45, 2.75) is 46.1 Å². The van der Waals surface area contributed by atoms with Crippen LogP contribution in [0.2, 0.25) is 0 Å². The summed E-state index contributed by atoms with van der Waals surface area (Å²) in [4.78, 5) is 50.9. The molecular formula is C17H23N3O4S. The average Bonchev–Trinajstić information content (AvgIpc) is 3.29. The number of hydrogen-bond acceptors (Lipinski definition) is 5. The molecule has 1 aromatic rings. The van der Waals surface area contributed by atoms with Crippen molar-refractivity contribution < 1.29 is 19.2 Å². The number of carbonyl (C=O) groups is 4. The van der Waals surface area contributed by atoms with E-state index < -0.39 is 35.0 Å². The van der Waals surface area contributed by atoms with Crippen molar-refractivity contribution in [2.24, 2.45) is 5.41 Å². The van der Waals surface area contributed by atoms with Crippen molar-refractivity contribution in [3.05, 3.63) is 22.4 Å². The molecule has 0 spiro atoms. The maximum absolute atomic E-state index is 12.5. The number of nitrogens with zero attached hydrogens (tertiary/aromatic N) is 1. The fourth-order valence-corrected chi connectivity index (χ4v) is 3.15. The van der Waals surface area contributed by atoms with E-state index in [1.165, 1.54) is 16.2 Å². The van der Waals surface area contributed by atoms with E-state index in [1.54, 1.807) is 31.4 Å². The van der Waals surface area contributed by atoms with Crippen LogP contribution in [-0.2, 0) is 14.4 Å². The zero-order valence-electron chi connectivity index (χ0n) is 14.6. The summed E-state index contributed by atoms with van der Waals surface area (Å²) >= 11 is 1.26. The van der Waals surface area contributed by atoms with Gasteiger partial charge in [-0.25, -0.2) is 0 Å². The van der Waals surface area contributed by atoms with E-state index in [4.69, 9.17) is 0 Å². The maximum atomic E-state index is 12.5. The van der Waals surface area contributed by atoms with Crippen LogP contribution in [0.4, 0.5) is 0 Å². The topological polar surface area (TPSA) is 95.6 Å². The first-order valence-electron chi connectivity index (χ1n) is 8.27. The summed E-state index contributed by atoms with van der Waals surface area (Å²) in [5, 5.41) is 1.76. The van der Waals surface area contributed by atoms with Crippen LogP contribution in [0.3, 0.4) is 0 Å². The van der Waals surface area contributed by atoms with Gasteiger partial charge in [-0.1, -0.05) is 26.8 Å². The summed E-state index contributed by atoms with van der Waals surface area (Å²) in [7, 11) is 0. The van der Waals surface area contributed by atoms with Crippen LogP contribution in [0.1, 0.15) is 49.7 Å². The zero-order valence-corrected chi connectivity index (χ0v) is 15.4. The van der Waals surface area contributed by atoms with Gasteiger partial charge in [0.2, 0.25) is 5.78 Å². The number of nitrogens with one attached hydrogen (secondary N) is 2. The summed E-state index contributed by atoms with van der Waals surface area (Å²) in [5.41, 5.74) is 3.94. The Morgan fingerprint density at radius 3 is 2.60 bits per heavy atom. The normalized spacial score (nSPS) is 17.2. The first-order chi connectivity index (χ1) is 11.8. The summed E-state index contributed by atoms with van der Waals surface area (Å²) in [6.45, 7) is 5.65. The van der Waals surface area contributed by atoms with Gasteiger partial charge in [-0.15, -0.1) is 11.3 Å². The lowest BCUT2D eigenvalue weighted by Gasteiger charge is -2.27. The minimum atomic E-state index is -0.756. The Bertz CT molecular complexity index is 669. The molecule has 1 fully saturated rings. The maximum Gasteiger partial charge on any atom is 0.291 e. The Hall–Kier alpha value is -2.22. The van der Waals surface area contributed by atoms with E-state index in [1.807, 2.05) is 6.92 Å². The van der Waals surface area contributed by atoms with Gasteiger partial charge in [0, 0.05) is 12.0 Å². The smallest absolute Gasteiger partial charge is 0.291 e. The van der Waals surface area contributed by atoms with Crippen molar-refractivity contribution in [1.82, 2.24) is 15.8 Å². The molecule has 1 atom stereocenters. The molecule has 0 saturated carbocycles. The molecule has 3 amide bonds. The molecule has 2 heterocycles. The first-order valence-corrected chi connectivity index (χ1v) is 9.15. The third-order valence-electron chi connectivity index (χ3n) is 4.55. The number of ketones is 1. The molecular weight excluding hydrogens is 342 g/mol. The summed E-state index contributed by atoms with van der Waals surface area (Å²) in [6.07, 6.45) is 1.65. The SMILES string of the molecule is CCC(C)(C)C(=O)C(=O)N1CCC[C@H]1C(=O)NNC(=O)c1cccs1. The molecule has 1 saturated heterocycles. The molecule has 7 nitrogen and oxygen atoms in total. The number of Topliss-reactive ketones (excluding diaryl/α,β-unsaturated/α-hetero) is 1. The van der Waals surface area contributed by atoms with Gasteiger partial charge in [0.05, 0.1) is 4.88 Å². The predicted molar refractivity (Wildman–Crippen MR) is 93.7 cm³/mol. The summed E-state index contributed by atoms with van der Waals surface area (Å²) in [5.74, 6) is -2.02. The van der Waals surface area contributed by atoms with E-state index in [0.717, 1.165) is 0 Å². The van der Waals surface area contributed by atoms with Gasteiger partial charge in [0.1, 0.15) is 6.04 Å². The quantitative estimate of drug-likeness (QED) is 0.611. The second-order valence-electron chi connectivity index (χ2n) is 6.64. The minimum absolute atomic E-state index is 0.362. The van der Waals surface area contributed by atoms with Gasteiger partial charge in [-0.05, 0) is 30.7 Å². The van der Waals surface area contributed by atoms with E-state index in [0.29, 0.717) is 30.7 Å². The molecule has 0 radical (unpaired) electrons. The lowest BCUT2D eigenvalue weighted by Crippen LogP contribution is -2.53. The van der Waals surface area contributed by atoms with Crippen LogP contribution in [0.15, 0.2) is 17.5 Å². The standard InChI is InChI=1S/C17H23N3O4S/c1-4-17(2,3)13(21)16(24)20-9-5-7-11(20)14(22)18-19-15(23)12-8-6-10-25-12/h6,8,10-11H,4-5,7,9H2,1-3H3,(H,18,22)(H,19,23)/t11-/m0/s1. The average molecular weight is 365 g/mol. The molecule has 136 valence electrons. The summed E-state index contributed by atoms with van der Waals surface area (Å²) in [6, 6.07) is 2.64. The highest BCUT2D eigenvalue weighted by molar-refractivity contribution is 7.12. The molecule has 2 rings (SSSR count). The molecule has 25 heavy (non-hydrogen) atoms. The molecule has 1 aliphatic rings. The minimum Gasteiger partial charge on any atom is -0.324 e. The second-order valence-corrected chi connectivity index (χ2v) is 7.59. The highest BCUT2D eigenvalue weighted by Crippen LogP contribution is 2.25. The Balaban J connectivity index is 1.98. The lowest BCUT2D eigenvalue weighted by atomic mass is 9.84. The molecule has 0 aromatic carbocycles. The predicted octanol–water partition coefficient (Wildman–Crippen LogP) is 1.51. The molecule has 1 aromatic heterocycles. The number of carbonyl (C=O) groups excluding carboxylic acids is 4. The molecule has 0 aliphatic carbocycles. The van der Waals surface area contributed by atoms with Crippen molar-refractivity contribution in [3.63, 3.8) is 0 Å². The van der Waals surface area contributed by atoms with Crippen LogP contribution in [0.5, 0.6) is 0 Å². The summed E-state index contributed by atoms with van der Waals surface area (Å²) < 4.78 is 0. The fourth-order valence-electron chi connectivity index (χ4n) is 2.53. The number of rotatable bonds is 5. The number of thiophene rings is 1. The molecule has 0 unspecified atom stereocenters. The lowest BCUT2D eigenvalue weighted by molar-refractivity contribution is -0.151. The highest BCUT2D eigenvalue weighted by atomic mass is 32.1. The zero-order chi connectivity index (χ0) is 18.6. The van der Waals surface area contributed by atoms with Crippen molar-refractivity contribution in [1.29, 1.82) is 0 Å². The third-order valence-corrected chi connectivity index (χ3v) is 5.42. The fraction of sp³-hybridized carbons (Fsp3) is 0.529. The van der Waals surface area contributed by atoms with Gasteiger partial charge in [0.25, 0.3) is 17.7 Å². The van der Waals surface area contributed by atoms with Crippen LogP contribution in [0.25, 0.3) is 0 Å². The van der Waals surface area contributed by atoms with E-state index in [-0.39, 0.29) is 0 Å². The second kappa shape index (κ2) is 7.77. The van der Waals surface area contributed by atoms with E-state index >= 15 is 0 Å². The molecule has 8 heteroatoms. The highest BCUT2D eigenvalue weighted by Gasteiger charge is 2.41. The van der Waals surface area contributed by atoms with Gasteiger partial charge in [-0.3, -0.25) is 30.0 Å². The largest absolute Gasteiger partial charge is 0.324 e. The number of hydrazine groups is 1. The van der Waals surface area contributed by atoms with Crippen molar-refractivity contribution in [2.75, 3.05) is 6.54 Å². The molecule has 1 aliphatic heterocycles. The van der Waals surface area contributed by atoms with E-state index in [9.17, 15) is 19.2 Å². The number of likely N-dealkylation sites (tertiary alicyclic amines) is 1.